The van der Waals surface area contributed by atoms with Gasteiger partial charge in [0.1, 0.15) is 5.60 Å². The number of hydrogen-bond acceptors (Lipinski definition) is 6. The monoisotopic (exact) mass is 462 g/mol. The summed E-state index contributed by atoms with van der Waals surface area (Å²) in [6.07, 6.45) is 5.52. The normalized spacial score (nSPS) is 28.0. The minimum absolute atomic E-state index is 0.0542. The second-order valence-electron chi connectivity index (χ2n) is 9.86. The molecule has 1 aliphatic carbocycles. The Balaban J connectivity index is 1.76. The predicted octanol–water partition coefficient (Wildman–Crippen LogP) is 6.26. The van der Waals surface area contributed by atoms with Crippen LogP contribution in [0.15, 0.2) is 22.1 Å². The number of fused-ring (bicyclic) bond motifs is 3. The molecule has 0 aromatic carbocycles. The molecular weight excluding hydrogens is 432 g/mol. The van der Waals surface area contributed by atoms with E-state index in [1.807, 2.05) is 27.7 Å². The highest BCUT2D eigenvalue weighted by molar-refractivity contribution is 7.14. The number of carbonyl (C=O) groups is 1. The fourth-order valence-corrected chi connectivity index (χ4v) is 6.06. The van der Waals surface area contributed by atoms with Gasteiger partial charge >= 0.3 is 5.97 Å². The lowest BCUT2D eigenvalue weighted by Gasteiger charge is -2.34. The first-order chi connectivity index (χ1) is 14.5. The Morgan fingerprint density at radius 1 is 1.35 bits per heavy atom. The third kappa shape index (κ3) is 4.48. The molecular formula is C24H31ClN2O3S. The Morgan fingerprint density at radius 3 is 2.77 bits per heavy atom. The van der Waals surface area contributed by atoms with Gasteiger partial charge in [0.15, 0.2) is 5.76 Å². The summed E-state index contributed by atoms with van der Waals surface area (Å²) in [6.45, 7) is 12.0. The van der Waals surface area contributed by atoms with Gasteiger partial charge in [0.2, 0.25) is 0 Å². The third-order valence-corrected chi connectivity index (χ3v) is 7.80. The van der Waals surface area contributed by atoms with Crippen LogP contribution in [-0.2, 0) is 9.53 Å². The molecule has 0 amide bonds. The van der Waals surface area contributed by atoms with Crippen molar-refractivity contribution in [3.63, 3.8) is 0 Å². The summed E-state index contributed by atoms with van der Waals surface area (Å²) in [6, 6.07) is -0.258. The molecule has 0 saturated heterocycles. The lowest BCUT2D eigenvalue weighted by molar-refractivity contribution is -0.155. The maximum atomic E-state index is 12.8. The van der Waals surface area contributed by atoms with Crippen molar-refractivity contribution >= 4 is 28.9 Å². The fraction of sp³-hybridized carbons (Fsp3) is 0.583. The van der Waals surface area contributed by atoms with E-state index in [1.165, 1.54) is 16.0 Å². The second kappa shape index (κ2) is 8.38. The van der Waals surface area contributed by atoms with Crippen molar-refractivity contribution in [2.75, 3.05) is 0 Å². The highest BCUT2D eigenvalue weighted by Crippen LogP contribution is 2.49. The lowest BCUT2D eigenvalue weighted by Crippen LogP contribution is -2.35. The van der Waals surface area contributed by atoms with Crippen LogP contribution >= 0.6 is 22.9 Å². The quantitative estimate of drug-likeness (QED) is 0.331. The van der Waals surface area contributed by atoms with Crippen LogP contribution in [0.25, 0.3) is 10.4 Å². The van der Waals surface area contributed by atoms with E-state index in [0.717, 1.165) is 23.4 Å². The Hall–Kier alpha value is -1.63. The SMILES string of the molecule is Cc1csc2c1C(C1C=CC(Cl)C(C)C1)N[C@@H](CC(=O)OC(C)(C)C)c1onc(C)c1-2. The van der Waals surface area contributed by atoms with Gasteiger partial charge in [0, 0.05) is 10.9 Å². The summed E-state index contributed by atoms with van der Waals surface area (Å²) in [5, 5.41) is 10.3. The van der Waals surface area contributed by atoms with Gasteiger partial charge in [-0.3, -0.25) is 10.1 Å². The first-order valence-corrected chi connectivity index (χ1v) is 12.2. The largest absolute Gasteiger partial charge is 0.460 e. The number of hydrogen-bond donors (Lipinski definition) is 1. The highest BCUT2D eigenvalue weighted by atomic mass is 35.5. The van der Waals surface area contributed by atoms with Gasteiger partial charge < -0.3 is 9.26 Å². The van der Waals surface area contributed by atoms with E-state index >= 15 is 0 Å². The van der Waals surface area contributed by atoms with E-state index in [-0.39, 0.29) is 35.8 Å². The second-order valence-corrected chi connectivity index (χ2v) is 11.2. The number of nitrogens with zero attached hydrogens (tertiary/aromatic N) is 1. The maximum absolute atomic E-state index is 12.8. The molecule has 2 aliphatic rings. The number of nitrogens with one attached hydrogen (secondary N) is 1. The van der Waals surface area contributed by atoms with Crippen molar-refractivity contribution in [2.45, 2.75) is 77.4 Å². The Bertz CT molecular complexity index is 1000. The molecule has 1 aliphatic heterocycles. The standard InChI is InChI=1S/C24H31ClN2O3S/c1-12-9-15(7-8-16(12)25)21-19-13(2)11-31-23(19)20-14(3)27-30-22(20)17(26-21)10-18(28)29-24(4,5)6/h7-8,11-12,15-17,21,26H,9-10H2,1-6H3/t12?,15?,16?,17-,21?/m0/s1. The van der Waals surface area contributed by atoms with Crippen LogP contribution in [0.3, 0.4) is 0 Å². The Kier molecular flexibility index (Phi) is 6.10. The van der Waals surface area contributed by atoms with Crippen LogP contribution in [0, 0.1) is 25.7 Å². The smallest absolute Gasteiger partial charge is 0.308 e. The van der Waals surface area contributed by atoms with E-state index in [4.69, 9.17) is 20.9 Å². The molecule has 3 heterocycles. The number of esters is 1. The zero-order valence-corrected chi connectivity index (χ0v) is 20.6. The number of aryl methyl sites for hydroxylation is 2. The Morgan fingerprint density at radius 2 is 2.10 bits per heavy atom. The van der Waals surface area contributed by atoms with Crippen molar-refractivity contribution in [1.29, 1.82) is 0 Å². The summed E-state index contributed by atoms with van der Waals surface area (Å²) in [5.74, 6) is 1.12. The molecule has 0 fully saturated rings. The van der Waals surface area contributed by atoms with E-state index < -0.39 is 5.60 Å². The summed E-state index contributed by atoms with van der Waals surface area (Å²) in [7, 11) is 0. The number of aromatic nitrogens is 1. The van der Waals surface area contributed by atoms with Crippen LogP contribution in [0.1, 0.15) is 75.2 Å². The van der Waals surface area contributed by atoms with E-state index in [2.05, 4.69) is 41.9 Å². The number of thiophene rings is 1. The minimum Gasteiger partial charge on any atom is -0.460 e. The summed E-state index contributed by atoms with van der Waals surface area (Å²) in [4.78, 5) is 13.9. The fourth-order valence-electron chi connectivity index (χ4n) is 4.67. The van der Waals surface area contributed by atoms with Crippen LogP contribution in [0.2, 0.25) is 0 Å². The predicted molar refractivity (Wildman–Crippen MR) is 124 cm³/mol. The minimum atomic E-state index is -0.534. The number of ether oxygens (including phenoxy) is 1. The molecule has 0 radical (unpaired) electrons. The molecule has 31 heavy (non-hydrogen) atoms. The average Bonchev–Trinajstić information content (AvgIpc) is 3.18. The van der Waals surface area contributed by atoms with Gasteiger partial charge in [-0.2, -0.15) is 0 Å². The van der Waals surface area contributed by atoms with Gasteiger partial charge in [-0.1, -0.05) is 24.2 Å². The van der Waals surface area contributed by atoms with E-state index in [1.54, 1.807) is 11.3 Å². The molecule has 4 rings (SSSR count). The third-order valence-electron chi connectivity index (χ3n) is 6.10. The van der Waals surface area contributed by atoms with Gasteiger partial charge in [-0.15, -0.1) is 22.9 Å². The van der Waals surface area contributed by atoms with Crippen molar-refractivity contribution < 1.29 is 14.1 Å². The number of alkyl halides is 1. The van der Waals surface area contributed by atoms with Crippen LogP contribution in [0.5, 0.6) is 0 Å². The summed E-state index contributed by atoms with van der Waals surface area (Å²) in [5.41, 5.74) is 3.85. The zero-order chi connectivity index (χ0) is 22.5. The lowest BCUT2D eigenvalue weighted by atomic mass is 9.80. The van der Waals surface area contributed by atoms with E-state index in [0.29, 0.717) is 5.92 Å². The molecule has 2 aromatic rings. The molecule has 7 heteroatoms. The maximum Gasteiger partial charge on any atom is 0.308 e. The zero-order valence-electron chi connectivity index (χ0n) is 19.0. The van der Waals surface area contributed by atoms with Crippen molar-refractivity contribution in [3.05, 3.63) is 40.1 Å². The first kappa shape index (κ1) is 22.6. The van der Waals surface area contributed by atoms with Crippen LogP contribution in [0.4, 0.5) is 0 Å². The molecule has 4 unspecified atom stereocenters. The number of halogens is 1. The van der Waals surface area contributed by atoms with Crippen LogP contribution < -0.4 is 5.32 Å². The number of allylic oxidation sites excluding steroid dienone is 1. The van der Waals surface area contributed by atoms with Crippen molar-refractivity contribution in [3.8, 4) is 10.4 Å². The number of rotatable bonds is 3. The van der Waals surface area contributed by atoms with Crippen LogP contribution in [-0.4, -0.2) is 22.1 Å². The van der Waals surface area contributed by atoms with Gasteiger partial charge in [-0.05, 0) is 69.4 Å². The molecule has 5 nitrogen and oxygen atoms in total. The molecule has 0 bridgehead atoms. The molecule has 0 saturated carbocycles. The Labute approximate surface area is 193 Å². The average molecular weight is 463 g/mol. The summed E-state index contributed by atoms with van der Waals surface area (Å²) >= 11 is 8.18. The highest BCUT2D eigenvalue weighted by Gasteiger charge is 2.40. The molecule has 0 spiro atoms. The van der Waals surface area contributed by atoms with Gasteiger partial charge in [0.25, 0.3) is 0 Å². The molecule has 168 valence electrons. The van der Waals surface area contributed by atoms with Gasteiger partial charge in [0.05, 0.1) is 29.1 Å². The molecule has 2 aromatic heterocycles. The van der Waals surface area contributed by atoms with Crippen molar-refractivity contribution in [2.24, 2.45) is 11.8 Å². The molecule has 5 atom stereocenters. The topological polar surface area (TPSA) is 64.4 Å². The molecule has 1 N–H and O–H groups in total. The first-order valence-electron chi connectivity index (χ1n) is 10.9. The summed E-state index contributed by atoms with van der Waals surface area (Å²) < 4.78 is 11.4. The van der Waals surface area contributed by atoms with Crippen molar-refractivity contribution in [1.82, 2.24) is 10.5 Å². The van der Waals surface area contributed by atoms with Gasteiger partial charge in [-0.25, -0.2) is 0 Å². The number of carbonyl (C=O) groups excluding carboxylic acids is 1. The van der Waals surface area contributed by atoms with E-state index in [9.17, 15) is 4.79 Å².